The van der Waals surface area contributed by atoms with Gasteiger partial charge in [-0.25, -0.2) is 14.4 Å². The molecule has 5 atom stereocenters. The predicted octanol–water partition coefficient (Wildman–Crippen LogP) is 5.55. The maximum absolute atomic E-state index is 13.0. The molecule has 1 aliphatic carbocycles. The van der Waals surface area contributed by atoms with Crippen LogP contribution in [0.4, 0.5) is 4.79 Å². The highest BCUT2D eigenvalue weighted by molar-refractivity contribution is 6.31. The Kier molecular flexibility index (Phi) is 8.57. The van der Waals surface area contributed by atoms with E-state index < -0.39 is 29.7 Å². The third kappa shape index (κ3) is 6.40. The van der Waals surface area contributed by atoms with E-state index in [1.54, 1.807) is 39.8 Å². The molecule has 0 radical (unpaired) electrons. The molecule has 2 fully saturated rings. The number of hydrogen-bond acceptors (Lipinski definition) is 6. The third-order valence-corrected chi connectivity index (χ3v) is 6.98. The van der Waals surface area contributed by atoms with Gasteiger partial charge in [0.25, 0.3) is 0 Å². The van der Waals surface area contributed by atoms with Crippen LogP contribution in [0.1, 0.15) is 77.1 Å². The molecule has 8 nitrogen and oxygen atoms in total. The summed E-state index contributed by atoms with van der Waals surface area (Å²) in [6.07, 6.45) is 2.35. The van der Waals surface area contributed by atoms with Crippen molar-refractivity contribution in [2.24, 2.45) is 11.8 Å². The predicted molar refractivity (Wildman–Crippen MR) is 131 cm³/mol. The molecule has 3 rings (SSSR count). The summed E-state index contributed by atoms with van der Waals surface area (Å²) in [4.78, 5) is 39.1. The van der Waals surface area contributed by atoms with Crippen molar-refractivity contribution in [3.05, 3.63) is 28.8 Å². The largest absolute Gasteiger partial charge is 0.490 e. The quantitative estimate of drug-likeness (QED) is 0.501. The number of benzene rings is 1. The number of ether oxygens (including phenoxy) is 3. The van der Waals surface area contributed by atoms with Gasteiger partial charge in [-0.3, -0.25) is 4.90 Å². The van der Waals surface area contributed by atoms with Crippen molar-refractivity contribution in [2.75, 3.05) is 6.61 Å². The van der Waals surface area contributed by atoms with E-state index in [2.05, 4.69) is 0 Å². The van der Waals surface area contributed by atoms with Crippen molar-refractivity contribution in [2.45, 2.75) is 90.5 Å². The highest BCUT2D eigenvalue weighted by Crippen LogP contribution is 2.45. The van der Waals surface area contributed by atoms with E-state index in [0.29, 0.717) is 30.0 Å². The number of likely N-dealkylation sites (tertiary alicyclic amines) is 1. The number of carboxylic acid groups (broad SMARTS) is 1. The van der Waals surface area contributed by atoms with Crippen molar-refractivity contribution in [3.63, 3.8) is 0 Å². The number of nitrogens with zero attached hydrogens (tertiary/aromatic N) is 1. The Morgan fingerprint density at radius 1 is 1.14 bits per heavy atom. The van der Waals surface area contributed by atoms with Crippen LogP contribution in [0.3, 0.4) is 0 Å². The van der Waals surface area contributed by atoms with Gasteiger partial charge in [0.15, 0.2) is 0 Å². The second-order valence-corrected chi connectivity index (χ2v) is 10.7. The zero-order valence-corrected chi connectivity index (χ0v) is 21.8. The van der Waals surface area contributed by atoms with Gasteiger partial charge in [0, 0.05) is 11.1 Å². The van der Waals surface area contributed by atoms with E-state index in [1.165, 1.54) is 11.0 Å². The fourth-order valence-corrected chi connectivity index (χ4v) is 5.59. The van der Waals surface area contributed by atoms with Gasteiger partial charge in [-0.1, -0.05) is 18.5 Å². The first kappa shape index (κ1) is 27.1. The Hall–Kier alpha value is -2.48. The number of carboxylic acids is 1. The van der Waals surface area contributed by atoms with Gasteiger partial charge in [0.2, 0.25) is 0 Å². The summed E-state index contributed by atoms with van der Waals surface area (Å²) in [6, 6.07) is 3.68. The molecule has 35 heavy (non-hydrogen) atoms. The van der Waals surface area contributed by atoms with Crippen LogP contribution >= 0.6 is 11.6 Å². The number of hydrogen-bond donors (Lipinski definition) is 1. The SMILES string of the molecule is CCOC(=O)c1cc(Cl)ccc1O[C@H]1CC[C@H]2C(CC)N(C(=O)OC(C)(C)C)[C@H](C(=O)O)C[C@H]2C1. The first-order valence-corrected chi connectivity index (χ1v) is 12.7. The first-order valence-electron chi connectivity index (χ1n) is 12.3. The summed E-state index contributed by atoms with van der Waals surface area (Å²) in [5, 5.41) is 10.4. The molecule has 1 saturated carbocycles. The van der Waals surface area contributed by atoms with Gasteiger partial charge in [0.05, 0.1) is 12.7 Å². The van der Waals surface area contributed by atoms with Gasteiger partial charge >= 0.3 is 18.0 Å². The number of rotatable bonds is 6. The molecule has 1 aromatic rings. The fourth-order valence-electron chi connectivity index (χ4n) is 5.42. The summed E-state index contributed by atoms with van der Waals surface area (Å²) in [6.45, 7) is 9.28. The van der Waals surface area contributed by atoms with Gasteiger partial charge in [-0.05, 0) is 89.8 Å². The molecular formula is C26H36ClNO7. The molecule has 0 aromatic heterocycles. The molecule has 1 saturated heterocycles. The maximum atomic E-state index is 13.0. The zero-order chi connectivity index (χ0) is 25.9. The van der Waals surface area contributed by atoms with E-state index in [4.69, 9.17) is 25.8 Å². The number of carbonyl (C=O) groups excluding carboxylic acids is 2. The van der Waals surface area contributed by atoms with Crippen LogP contribution in [0.25, 0.3) is 0 Å². The molecule has 1 N–H and O–H groups in total. The minimum absolute atomic E-state index is 0.0665. The van der Waals surface area contributed by atoms with Crippen molar-refractivity contribution < 1.29 is 33.7 Å². The van der Waals surface area contributed by atoms with Crippen molar-refractivity contribution in [3.8, 4) is 5.75 Å². The number of carbonyl (C=O) groups is 3. The Morgan fingerprint density at radius 3 is 2.46 bits per heavy atom. The van der Waals surface area contributed by atoms with E-state index >= 15 is 0 Å². The molecule has 1 unspecified atom stereocenters. The molecule has 1 aromatic carbocycles. The fraction of sp³-hybridized carbons (Fsp3) is 0.654. The normalized spacial score (nSPS) is 26.5. The van der Waals surface area contributed by atoms with E-state index in [9.17, 15) is 19.5 Å². The Bertz CT molecular complexity index is 944. The Morgan fingerprint density at radius 2 is 1.86 bits per heavy atom. The van der Waals surface area contributed by atoms with Crippen LogP contribution in [0, 0.1) is 11.8 Å². The van der Waals surface area contributed by atoms with Crippen LogP contribution < -0.4 is 4.74 Å². The van der Waals surface area contributed by atoms with Crippen LogP contribution in [-0.4, -0.2) is 58.4 Å². The summed E-state index contributed by atoms with van der Waals surface area (Å²) in [7, 11) is 0. The smallest absolute Gasteiger partial charge is 0.411 e. The Balaban J connectivity index is 1.80. The molecular weight excluding hydrogens is 474 g/mol. The van der Waals surface area contributed by atoms with Crippen molar-refractivity contribution >= 4 is 29.6 Å². The van der Waals surface area contributed by atoms with Gasteiger partial charge < -0.3 is 19.3 Å². The topological polar surface area (TPSA) is 102 Å². The molecule has 2 aliphatic rings. The van der Waals surface area contributed by atoms with Crippen LogP contribution in [0.15, 0.2) is 18.2 Å². The Labute approximate surface area is 211 Å². The van der Waals surface area contributed by atoms with Gasteiger partial charge in [-0.2, -0.15) is 0 Å². The molecule has 9 heteroatoms. The maximum Gasteiger partial charge on any atom is 0.411 e. The van der Waals surface area contributed by atoms with E-state index in [1.807, 2.05) is 6.92 Å². The van der Waals surface area contributed by atoms with E-state index in [-0.39, 0.29) is 36.2 Å². The second-order valence-electron chi connectivity index (χ2n) is 10.3. The summed E-state index contributed by atoms with van der Waals surface area (Å²) < 4.78 is 17.0. The van der Waals surface area contributed by atoms with Gasteiger partial charge in [-0.15, -0.1) is 0 Å². The minimum atomic E-state index is -1.03. The molecule has 1 amide bonds. The number of piperidine rings is 1. The number of amides is 1. The molecule has 1 heterocycles. The molecule has 0 bridgehead atoms. The van der Waals surface area contributed by atoms with Crippen LogP contribution in [0.5, 0.6) is 5.75 Å². The molecule has 1 aliphatic heterocycles. The highest BCUT2D eigenvalue weighted by Gasteiger charge is 2.50. The lowest BCUT2D eigenvalue weighted by molar-refractivity contribution is -0.150. The molecule has 0 spiro atoms. The lowest BCUT2D eigenvalue weighted by Crippen LogP contribution is -2.61. The summed E-state index contributed by atoms with van der Waals surface area (Å²) in [5.41, 5.74) is -0.438. The summed E-state index contributed by atoms with van der Waals surface area (Å²) >= 11 is 6.09. The lowest BCUT2D eigenvalue weighted by atomic mass is 9.67. The third-order valence-electron chi connectivity index (χ3n) is 6.74. The highest BCUT2D eigenvalue weighted by atomic mass is 35.5. The average Bonchev–Trinajstić information content (AvgIpc) is 2.77. The zero-order valence-electron chi connectivity index (χ0n) is 21.1. The van der Waals surface area contributed by atoms with Crippen LogP contribution in [-0.2, 0) is 14.3 Å². The number of fused-ring (bicyclic) bond motifs is 1. The van der Waals surface area contributed by atoms with Gasteiger partial charge in [0.1, 0.15) is 23.0 Å². The number of halogens is 1. The van der Waals surface area contributed by atoms with E-state index in [0.717, 1.165) is 12.8 Å². The lowest BCUT2D eigenvalue weighted by Gasteiger charge is -2.51. The standard InChI is InChI=1S/C26H36ClNO7/c1-6-20-18-10-9-17(34-22-11-8-16(27)14-19(22)24(31)33-7-2)12-15(18)13-21(23(29)30)28(20)25(32)35-26(3,4)5/h8,11,14-15,17-18,20-21H,6-7,9-10,12-13H2,1-5H3,(H,29,30)/t15-,17+,18-,20?,21+/m1/s1. The molecule has 194 valence electrons. The monoisotopic (exact) mass is 509 g/mol. The van der Waals surface area contributed by atoms with Crippen LogP contribution in [0.2, 0.25) is 5.02 Å². The minimum Gasteiger partial charge on any atom is -0.490 e. The van der Waals surface area contributed by atoms with Crippen molar-refractivity contribution in [1.82, 2.24) is 4.90 Å². The number of esters is 1. The number of aliphatic carboxylic acids is 1. The second kappa shape index (κ2) is 11.1. The van der Waals surface area contributed by atoms with Crippen molar-refractivity contribution in [1.29, 1.82) is 0 Å². The summed E-state index contributed by atoms with van der Waals surface area (Å²) in [5.74, 6) is -0.904. The average molecular weight is 510 g/mol. The first-order chi connectivity index (χ1) is 16.4.